The molecular formula is C15H21BrN2O3. The maximum Gasteiger partial charge on any atom is 0.318 e. The summed E-state index contributed by atoms with van der Waals surface area (Å²) in [6.45, 7) is 6.24. The number of rotatable bonds is 5. The summed E-state index contributed by atoms with van der Waals surface area (Å²) < 4.78 is 0.982. The van der Waals surface area contributed by atoms with Crippen LogP contribution in [0.5, 0.6) is 0 Å². The highest BCUT2D eigenvalue weighted by Gasteiger charge is 2.26. The molecule has 2 amide bonds. The first kappa shape index (κ1) is 17.5. The summed E-state index contributed by atoms with van der Waals surface area (Å²) >= 11 is 3.36. The molecule has 1 aromatic carbocycles. The number of carboxylic acids is 1. The molecule has 6 heteroatoms. The Bertz CT molecular complexity index is 495. The van der Waals surface area contributed by atoms with Crippen molar-refractivity contribution in [2.45, 2.75) is 39.3 Å². The molecule has 0 saturated carbocycles. The van der Waals surface area contributed by atoms with Crippen LogP contribution in [0.4, 0.5) is 4.79 Å². The van der Waals surface area contributed by atoms with E-state index in [1.54, 1.807) is 4.90 Å². The Hall–Kier alpha value is -1.56. The monoisotopic (exact) mass is 356 g/mol. The van der Waals surface area contributed by atoms with E-state index in [0.717, 1.165) is 10.0 Å². The molecule has 21 heavy (non-hydrogen) atoms. The molecule has 0 heterocycles. The molecule has 0 fully saturated rings. The highest BCUT2D eigenvalue weighted by atomic mass is 79.9. The fourth-order valence-electron chi connectivity index (χ4n) is 1.82. The van der Waals surface area contributed by atoms with E-state index in [1.165, 1.54) is 0 Å². The van der Waals surface area contributed by atoms with Gasteiger partial charge < -0.3 is 15.3 Å². The molecule has 0 bridgehead atoms. The van der Waals surface area contributed by atoms with Crippen molar-refractivity contribution in [2.24, 2.45) is 0 Å². The van der Waals surface area contributed by atoms with Crippen LogP contribution in [0.2, 0.25) is 0 Å². The molecule has 0 aromatic heterocycles. The van der Waals surface area contributed by atoms with E-state index >= 15 is 0 Å². The van der Waals surface area contributed by atoms with Crippen molar-refractivity contribution in [3.8, 4) is 0 Å². The van der Waals surface area contributed by atoms with Gasteiger partial charge in [0, 0.05) is 23.1 Å². The fraction of sp³-hybridized carbons (Fsp3) is 0.467. The molecule has 116 valence electrons. The zero-order chi connectivity index (χ0) is 16.0. The number of urea groups is 1. The zero-order valence-corrected chi connectivity index (χ0v) is 14.1. The van der Waals surface area contributed by atoms with Crippen molar-refractivity contribution >= 4 is 27.9 Å². The van der Waals surface area contributed by atoms with Gasteiger partial charge >= 0.3 is 12.0 Å². The summed E-state index contributed by atoms with van der Waals surface area (Å²) in [5, 5.41) is 11.6. The molecule has 0 aliphatic heterocycles. The summed E-state index contributed by atoms with van der Waals surface area (Å²) in [7, 11) is 0. The summed E-state index contributed by atoms with van der Waals surface area (Å²) in [6.07, 6.45) is -0.0665. The molecule has 0 saturated heterocycles. The van der Waals surface area contributed by atoms with Crippen molar-refractivity contribution in [3.63, 3.8) is 0 Å². The highest BCUT2D eigenvalue weighted by Crippen LogP contribution is 2.15. The second-order valence-electron chi connectivity index (χ2n) is 5.75. The molecule has 1 aromatic rings. The Balaban J connectivity index is 2.63. The molecule has 0 aliphatic carbocycles. The summed E-state index contributed by atoms with van der Waals surface area (Å²) in [6, 6.07) is 7.40. The molecule has 2 N–H and O–H groups in total. The molecule has 0 spiro atoms. The standard InChI is InChI=1S/C15H21BrN2O3/c1-15(2,3)18(9-8-13(19)20)14(21)17-10-11-4-6-12(16)7-5-11/h4-7H,8-10H2,1-3H3,(H,17,21)(H,19,20). The highest BCUT2D eigenvalue weighted by molar-refractivity contribution is 9.10. The van der Waals surface area contributed by atoms with Crippen LogP contribution in [0.15, 0.2) is 28.7 Å². The Morgan fingerprint density at radius 2 is 1.81 bits per heavy atom. The Kier molecular flexibility index (Phi) is 6.20. The van der Waals surface area contributed by atoms with Gasteiger partial charge in [0.15, 0.2) is 0 Å². The van der Waals surface area contributed by atoms with Crippen molar-refractivity contribution in [1.29, 1.82) is 0 Å². The van der Waals surface area contributed by atoms with Gasteiger partial charge in [-0.1, -0.05) is 28.1 Å². The lowest BCUT2D eigenvalue weighted by Gasteiger charge is -2.35. The third-order valence-corrected chi connectivity index (χ3v) is 3.49. The van der Waals surface area contributed by atoms with E-state index in [1.807, 2.05) is 45.0 Å². The SMILES string of the molecule is CC(C)(C)N(CCC(=O)O)C(=O)NCc1ccc(Br)cc1. The quantitative estimate of drug-likeness (QED) is 0.850. The minimum absolute atomic E-state index is 0.0665. The zero-order valence-electron chi connectivity index (χ0n) is 12.5. The first-order valence-electron chi connectivity index (χ1n) is 6.72. The lowest BCUT2D eigenvalue weighted by molar-refractivity contribution is -0.137. The maximum absolute atomic E-state index is 12.3. The van der Waals surface area contributed by atoms with E-state index < -0.39 is 11.5 Å². The van der Waals surface area contributed by atoms with Crippen LogP contribution in [-0.4, -0.2) is 34.1 Å². The molecule has 1 rings (SSSR count). The number of nitrogens with one attached hydrogen (secondary N) is 1. The van der Waals surface area contributed by atoms with Crippen LogP contribution in [0.25, 0.3) is 0 Å². The molecule has 0 radical (unpaired) electrons. The third-order valence-electron chi connectivity index (χ3n) is 2.96. The summed E-state index contributed by atoms with van der Waals surface area (Å²) in [4.78, 5) is 24.5. The number of carbonyl (C=O) groups excluding carboxylic acids is 1. The van der Waals surface area contributed by atoms with Crippen LogP contribution in [0.3, 0.4) is 0 Å². The van der Waals surface area contributed by atoms with E-state index in [-0.39, 0.29) is 19.0 Å². The predicted molar refractivity (Wildman–Crippen MR) is 85.1 cm³/mol. The van der Waals surface area contributed by atoms with Gasteiger partial charge in [-0.25, -0.2) is 4.79 Å². The number of carboxylic acid groups (broad SMARTS) is 1. The number of carbonyl (C=O) groups is 2. The average Bonchev–Trinajstić information content (AvgIpc) is 2.36. The second-order valence-corrected chi connectivity index (χ2v) is 6.67. The van der Waals surface area contributed by atoms with Gasteiger partial charge in [-0.3, -0.25) is 4.79 Å². The normalized spacial score (nSPS) is 11.0. The summed E-state index contributed by atoms with van der Waals surface area (Å²) in [5.74, 6) is -0.912. The van der Waals surface area contributed by atoms with Crippen molar-refractivity contribution < 1.29 is 14.7 Å². The number of nitrogens with zero attached hydrogens (tertiary/aromatic N) is 1. The molecule has 0 aliphatic rings. The molecule has 0 atom stereocenters. The smallest absolute Gasteiger partial charge is 0.318 e. The van der Waals surface area contributed by atoms with Gasteiger partial charge in [0.25, 0.3) is 0 Å². The number of benzene rings is 1. The van der Waals surface area contributed by atoms with E-state index in [0.29, 0.717) is 6.54 Å². The lowest BCUT2D eigenvalue weighted by atomic mass is 10.1. The van der Waals surface area contributed by atoms with E-state index in [2.05, 4.69) is 21.2 Å². The van der Waals surface area contributed by atoms with Gasteiger partial charge in [0.2, 0.25) is 0 Å². The van der Waals surface area contributed by atoms with E-state index in [9.17, 15) is 9.59 Å². The van der Waals surface area contributed by atoms with Gasteiger partial charge in [-0.2, -0.15) is 0 Å². The van der Waals surface area contributed by atoms with Gasteiger partial charge in [0.05, 0.1) is 6.42 Å². The van der Waals surface area contributed by atoms with E-state index in [4.69, 9.17) is 5.11 Å². The summed E-state index contributed by atoms with van der Waals surface area (Å²) in [5.41, 5.74) is 0.554. The van der Waals surface area contributed by atoms with Gasteiger partial charge in [-0.05, 0) is 38.5 Å². The Morgan fingerprint density at radius 1 is 1.24 bits per heavy atom. The second kappa shape index (κ2) is 7.45. The lowest BCUT2D eigenvalue weighted by Crippen LogP contribution is -2.50. The van der Waals surface area contributed by atoms with Crippen molar-refractivity contribution in [3.05, 3.63) is 34.3 Å². The number of amides is 2. The van der Waals surface area contributed by atoms with Crippen LogP contribution in [0.1, 0.15) is 32.8 Å². The topological polar surface area (TPSA) is 69.6 Å². The van der Waals surface area contributed by atoms with Crippen molar-refractivity contribution in [1.82, 2.24) is 10.2 Å². The van der Waals surface area contributed by atoms with Gasteiger partial charge in [0.1, 0.15) is 0 Å². The van der Waals surface area contributed by atoms with Crippen LogP contribution in [0, 0.1) is 0 Å². The van der Waals surface area contributed by atoms with Crippen LogP contribution >= 0.6 is 15.9 Å². The fourth-order valence-corrected chi connectivity index (χ4v) is 2.09. The van der Waals surface area contributed by atoms with Crippen LogP contribution in [-0.2, 0) is 11.3 Å². The predicted octanol–water partition coefficient (Wildman–Crippen LogP) is 3.23. The number of hydrogen-bond acceptors (Lipinski definition) is 2. The molecule has 5 nitrogen and oxygen atoms in total. The first-order chi connectivity index (χ1) is 9.70. The third kappa shape index (κ3) is 6.16. The molecular weight excluding hydrogens is 336 g/mol. The number of hydrogen-bond donors (Lipinski definition) is 2. The van der Waals surface area contributed by atoms with Crippen LogP contribution < -0.4 is 5.32 Å². The largest absolute Gasteiger partial charge is 0.481 e. The first-order valence-corrected chi connectivity index (χ1v) is 7.51. The minimum atomic E-state index is -0.912. The average molecular weight is 357 g/mol. The minimum Gasteiger partial charge on any atom is -0.481 e. The maximum atomic E-state index is 12.3. The number of aliphatic carboxylic acids is 1. The Morgan fingerprint density at radius 3 is 2.29 bits per heavy atom. The Labute approximate surface area is 133 Å². The van der Waals surface area contributed by atoms with Crippen molar-refractivity contribution in [2.75, 3.05) is 6.54 Å². The molecule has 0 unspecified atom stereocenters. The van der Waals surface area contributed by atoms with Gasteiger partial charge in [-0.15, -0.1) is 0 Å². The number of halogens is 1.